The summed E-state index contributed by atoms with van der Waals surface area (Å²) < 4.78 is 203. The highest BCUT2D eigenvalue weighted by Gasteiger charge is 2.67. The lowest BCUT2D eigenvalue weighted by Gasteiger charge is -2.24. The number of hydrogen-bond acceptors (Lipinski definition) is 10. The van der Waals surface area contributed by atoms with Crippen molar-refractivity contribution in [1.82, 2.24) is 24.6 Å². The molecule has 3 aromatic heterocycles. The first-order chi connectivity index (χ1) is 33.2. The van der Waals surface area contributed by atoms with E-state index in [1.54, 1.807) is 0 Å². The van der Waals surface area contributed by atoms with Crippen molar-refractivity contribution in [3.63, 3.8) is 0 Å². The highest BCUT2D eigenvalue weighted by Crippen LogP contribution is 2.69. The molecule has 3 N–H and O–H groups in total. The van der Waals surface area contributed by atoms with Crippen LogP contribution in [0.2, 0.25) is 5.02 Å². The van der Waals surface area contributed by atoms with Crippen molar-refractivity contribution in [1.29, 1.82) is 0 Å². The molecule has 5 aromatic rings. The number of anilines is 1. The maximum absolute atomic E-state index is 15.6. The van der Waals surface area contributed by atoms with E-state index < -0.39 is 173 Å². The van der Waals surface area contributed by atoms with E-state index in [9.17, 15) is 66.3 Å². The summed E-state index contributed by atoms with van der Waals surface area (Å²) in [5.74, 6) is -10.1. The number of carboxylic acid groups (broad SMARTS) is 1. The van der Waals surface area contributed by atoms with E-state index in [1.807, 2.05) is 4.72 Å². The second-order valence-corrected chi connectivity index (χ2v) is 22.1. The second-order valence-electron chi connectivity index (χ2n) is 17.4. The lowest BCUT2D eigenvalue weighted by atomic mass is 9.93. The number of ether oxygens (including phenoxy) is 1. The van der Waals surface area contributed by atoms with E-state index >= 15 is 8.78 Å². The molecule has 28 heteroatoms. The highest BCUT2D eigenvalue weighted by atomic mass is 35.5. The summed E-state index contributed by atoms with van der Waals surface area (Å²) >= 11 is 6.52. The number of nitrogens with one attached hydrogen (secondary N) is 2. The predicted octanol–water partition coefficient (Wildman–Crippen LogP) is 7.66. The predicted molar refractivity (Wildman–Crippen MR) is 236 cm³/mol. The molecule has 0 bridgehead atoms. The number of halogens is 11. The standard InChI is InChI=1S/C44H37ClF10N6O9S2/c1-41(2,71(3,66)67)10-8-24-4-5-25(26-6-7-30(45)36-38(26)61(20-42(48,49)50)58-40(36)59-72(68,69)19-34(65)70-11-9-33(63)64)37(56-24)31(14-21-12-22(46)15-23(47)13-21)57-32(62)18-60-17-29(44(53,54)55)35-27-16-28(27)43(51,52)39(35)60/h4-7,12-13,15,17,27-28,31H,9,11,14,16,18-20H2,1-3H3,(H,57,62)(H,58,59)(H,63,64)/t27-,28+,31-/m0/s1. The van der Waals surface area contributed by atoms with Crippen LogP contribution < -0.4 is 10.0 Å². The number of aromatic nitrogens is 4. The van der Waals surface area contributed by atoms with Crippen LogP contribution in [-0.4, -0.2) is 88.7 Å². The van der Waals surface area contributed by atoms with E-state index in [1.165, 1.54) is 13.8 Å². The van der Waals surface area contributed by atoms with Gasteiger partial charge in [0.25, 0.3) is 5.92 Å². The van der Waals surface area contributed by atoms with Gasteiger partial charge in [-0.05, 0) is 80.0 Å². The molecule has 72 heavy (non-hydrogen) atoms. The molecule has 2 aromatic carbocycles. The van der Waals surface area contributed by atoms with Gasteiger partial charge in [0.15, 0.2) is 21.4 Å². The van der Waals surface area contributed by atoms with Gasteiger partial charge in [-0.2, -0.15) is 40.2 Å². The topological polar surface area (TPSA) is 209 Å². The lowest BCUT2D eigenvalue weighted by Crippen LogP contribution is -2.34. The molecule has 0 unspecified atom stereocenters. The molecule has 386 valence electrons. The molecule has 3 heterocycles. The Balaban J connectivity index is 1.42. The Morgan fingerprint density at radius 2 is 1.65 bits per heavy atom. The summed E-state index contributed by atoms with van der Waals surface area (Å²) in [6.45, 7) is -1.43. The Bertz CT molecular complexity index is 3330. The van der Waals surface area contributed by atoms with Crippen LogP contribution >= 0.6 is 11.6 Å². The maximum atomic E-state index is 15.6. The second kappa shape index (κ2) is 18.9. The van der Waals surface area contributed by atoms with Gasteiger partial charge in [0.2, 0.25) is 15.9 Å². The Hall–Kier alpha value is -6.40. The van der Waals surface area contributed by atoms with Crippen molar-refractivity contribution >= 4 is 66.0 Å². The van der Waals surface area contributed by atoms with E-state index in [4.69, 9.17) is 16.7 Å². The fourth-order valence-electron chi connectivity index (χ4n) is 8.17. The SMILES string of the molecule is CC(C)(C#Cc1ccc(-c2ccc(Cl)c3c(NS(=O)(=O)CC(=O)OCCC(=O)O)nn(CC(F)(F)F)c23)c([C@H](Cc2cc(F)cc(F)c2)NC(=O)Cn2cc(C(F)(F)F)c3c2C(F)(F)[C@@H]2C[C@H]32)n1)S(C)(=O)=O. The molecule has 0 saturated heterocycles. The van der Waals surface area contributed by atoms with Crippen LogP contribution in [-0.2, 0) is 70.6 Å². The molecule has 3 atom stereocenters. The zero-order valence-electron chi connectivity index (χ0n) is 37.3. The van der Waals surface area contributed by atoms with Crippen molar-refractivity contribution in [3.05, 3.63) is 99.1 Å². The summed E-state index contributed by atoms with van der Waals surface area (Å²) in [5, 5.41) is 14.1. The van der Waals surface area contributed by atoms with Crippen molar-refractivity contribution < 1.29 is 85.0 Å². The number of alkyl halides is 8. The van der Waals surface area contributed by atoms with E-state index in [0.717, 1.165) is 42.7 Å². The minimum absolute atomic E-state index is 0.237. The number of fused-ring (bicyclic) bond motifs is 4. The molecule has 1 amide bonds. The number of benzene rings is 2. The number of carboxylic acids is 1. The lowest BCUT2D eigenvalue weighted by molar-refractivity contribution is -0.145. The minimum Gasteiger partial charge on any atom is -0.481 e. The Morgan fingerprint density at radius 1 is 1.00 bits per heavy atom. The number of nitrogens with zero attached hydrogens (tertiary/aromatic N) is 4. The third-order valence-electron chi connectivity index (χ3n) is 11.7. The number of carbonyl (C=O) groups excluding carboxylic acids is 2. The molecule has 1 fully saturated rings. The highest BCUT2D eigenvalue weighted by molar-refractivity contribution is 7.93. The van der Waals surface area contributed by atoms with Crippen molar-refractivity contribution in [2.24, 2.45) is 5.92 Å². The molecule has 2 aliphatic rings. The zero-order chi connectivity index (χ0) is 53.3. The number of amides is 1. The van der Waals surface area contributed by atoms with Gasteiger partial charge >= 0.3 is 24.3 Å². The number of pyridine rings is 1. The van der Waals surface area contributed by atoms with E-state index in [0.29, 0.717) is 16.8 Å². The van der Waals surface area contributed by atoms with Gasteiger partial charge in [0, 0.05) is 35.6 Å². The van der Waals surface area contributed by atoms with Gasteiger partial charge in [-0.25, -0.2) is 30.6 Å². The molecule has 2 aliphatic carbocycles. The molecular formula is C44H37ClF10N6O9S2. The first kappa shape index (κ1) is 53.4. The Morgan fingerprint density at radius 3 is 2.26 bits per heavy atom. The summed E-state index contributed by atoms with van der Waals surface area (Å²) in [5.41, 5.74) is -5.36. The van der Waals surface area contributed by atoms with Crippen LogP contribution in [0, 0.1) is 29.4 Å². The fraction of sp³-hybridized carbons (Fsp3) is 0.386. The number of sulfonamides is 1. The van der Waals surface area contributed by atoms with Crippen LogP contribution in [0.15, 0.2) is 48.7 Å². The normalized spacial score (nSPS) is 16.9. The molecule has 7 rings (SSSR count). The van der Waals surface area contributed by atoms with Crippen molar-refractivity contribution in [3.8, 4) is 23.0 Å². The smallest absolute Gasteiger partial charge is 0.418 e. The number of hydrogen-bond donors (Lipinski definition) is 3. The van der Waals surface area contributed by atoms with Crippen molar-refractivity contribution in [2.45, 2.75) is 81.2 Å². The fourth-order valence-corrected chi connectivity index (χ4v) is 9.55. The first-order valence-corrected chi connectivity index (χ1v) is 24.9. The number of aliphatic carboxylic acids is 1. The number of carbonyl (C=O) groups is 3. The Labute approximate surface area is 406 Å². The largest absolute Gasteiger partial charge is 0.481 e. The van der Waals surface area contributed by atoms with Crippen molar-refractivity contribution in [2.75, 3.05) is 23.3 Å². The quantitative estimate of drug-likeness (QED) is 0.0497. The van der Waals surface area contributed by atoms with Crippen LogP contribution in [0.25, 0.3) is 22.0 Å². The average Bonchev–Trinajstić information content (AvgIpc) is 3.75. The van der Waals surface area contributed by atoms with Gasteiger partial charge in [-0.1, -0.05) is 23.6 Å². The van der Waals surface area contributed by atoms with Gasteiger partial charge in [0.05, 0.1) is 45.3 Å². The van der Waals surface area contributed by atoms with Gasteiger partial charge in [-0.15, -0.1) is 0 Å². The van der Waals surface area contributed by atoms with Gasteiger partial charge in [0.1, 0.15) is 41.8 Å². The summed E-state index contributed by atoms with van der Waals surface area (Å²) in [4.78, 5) is 41.8. The average molecular weight is 1080 g/mol. The number of sulfone groups is 1. The Kier molecular flexibility index (Phi) is 14.0. The molecule has 1 saturated carbocycles. The molecule has 15 nitrogen and oxygen atoms in total. The molecule has 0 radical (unpaired) electrons. The number of esters is 1. The summed E-state index contributed by atoms with van der Waals surface area (Å²) in [6, 6.07) is 4.78. The minimum atomic E-state index is -5.12. The molecule has 0 spiro atoms. The first-order valence-electron chi connectivity index (χ1n) is 21.0. The van der Waals surface area contributed by atoms with Gasteiger partial charge < -0.3 is 19.7 Å². The van der Waals surface area contributed by atoms with Gasteiger partial charge in [-0.3, -0.25) is 23.8 Å². The third-order valence-corrected chi connectivity index (χ3v) is 15.0. The van der Waals surface area contributed by atoms with E-state index in [-0.39, 0.29) is 33.5 Å². The van der Waals surface area contributed by atoms with Crippen LogP contribution in [0.3, 0.4) is 0 Å². The summed E-state index contributed by atoms with van der Waals surface area (Å²) in [6.07, 6.45) is -10.6. The number of rotatable bonds is 16. The van der Waals surface area contributed by atoms with E-state index in [2.05, 4.69) is 32.0 Å². The molecule has 0 aliphatic heterocycles. The van der Waals surface area contributed by atoms with Crippen LogP contribution in [0.4, 0.5) is 49.7 Å². The summed E-state index contributed by atoms with van der Waals surface area (Å²) in [7, 11) is -8.84. The van der Waals surface area contributed by atoms with Crippen LogP contribution in [0.5, 0.6) is 0 Å². The maximum Gasteiger partial charge on any atom is 0.418 e. The van der Waals surface area contributed by atoms with Crippen LogP contribution in [0.1, 0.15) is 72.4 Å². The molecular weight excluding hydrogens is 1050 g/mol. The zero-order valence-corrected chi connectivity index (χ0v) is 39.7. The third kappa shape index (κ3) is 11.4. The monoisotopic (exact) mass is 1080 g/mol.